The lowest BCUT2D eigenvalue weighted by Crippen LogP contribution is -2.53. The first-order chi connectivity index (χ1) is 15.4. The lowest BCUT2D eigenvalue weighted by Gasteiger charge is -2.33. The van der Waals surface area contributed by atoms with Crippen LogP contribution in [-0.2, 0) is 26.2 Å². The van der Waals surface area contributed by atoms with Crippen LogP contribution < -0.4 is 9.62 Å². The van der Waals surface area contributed by atoms with Gasteiger partial charge in [-0.25, -0.2) is 8.42 Å². The molecule has 0 aliphatic heterocycles. The SMILES string of the molecule is CC[C@H](C(=O)NC(C)C)N(Cc1cccc(C)c1)C(=O)CN(c1ccc(Br)cc1)S(C)(=O)=O. The Kier molecular flexibility index (Phi) is 9.48. The summed E-state index contributed by atoms with van der Waals surface area (Å²) in [5.74, 6) is -0.710. The van der Waals surface area contributed by atoms with Crippen LogP contribution in [-0.4, -0.2) is 50.0 Å². The van der Waals surface area contributed by atoms with Crippen molar-refractivity contribution in [2.24, 2.45) is 0 Å². The Morgan fingerprint density at radius 3 is 2.24 bits per heavy atom. The van der Waals surface area contributed by atoms with Crippen molar-refractivity contribution in [3.05, 3.63) is 64.1 Å². The molecule has 0 saturated carbocycles. The number of amides is 2. The predicted molar refractivity (Wildman–Crippen MR) is 135 cm³/mol. The highest BCUT2D eigenvalue weighted by atomic mass is 79.9. The fraction of sp³-hybridized carbons (Fsp3) is 0.417. The number of hydrogen-bond acceptors (Lipinski definition) is 4. The average molecular weight is 539 g/mol. The zero-order valence-electron chi connectivity index (χ0n) is 19.7. The molecule has 2 rings (SSSR count). The monoisotopic (exact) mass is 537 g/mol. The standard InChI is InChI=1S/C24H32BrN3O4S/c1-6-22(24(30)26-17(2)3)27(15-19-9-7-8-18(4)14-19)23(29)16-28(33(5,31)32)21-12-10-20(25)11-13-21/h7-14,17,22H,6,15-16H2,1-5H3,(H,26,30)/t22-/m1/s1. The number of carbonyl (C=O) groups excluding carboxylic acids is 2. The third-order valence-corrected chi connectivity index (χ3v) is 6.72. The molecule has 0 unspecified atom stereocenters. The third kappa shape index (κ3) is 7.85. The largest absolute Gasteiger partial charge is 0.352 e. The first-order valence-electron chi connectivity index (χ1n) is 10.8. The van der Waals surface area contributed by atoms with Gasteiger partial charge < -0.3 is 10.2 Å². The summed E-state index contributed by atoms with van der Waals surface area (Å²) in [4.78, 5) is 28.0. The zero-order valence-corrected chi connectivity index (χ0v) is 22.1. The van der Waals surface area contributed by atoms with E-state index in [9.17, 15) is 18.0 Å². The van der Waals surface area contributed by atoms with E-state index in [1.54, 1.807) is 24.3 Å². The molecule has 0 aromatic heterocycles. The molecule has 180 valence electrons. The number of aryl methyl sites for hydroxylation is 1. The fourth-order valence-corrected chi connectivity index (χ4v) is 4.64. The van der Waals surface area contributed by atoms with Crippen molar-refractivity contribution < 1.29 is 18.0 Å². The maximum Gasteiger partial charge on any atom is 0.244 e. The highest BCUT2D eigenvalue weighted by molar-refractivity contribution is 9.10. The third-order valence-electron chi connectivity index (χ3n) is 5.05. The van der Waals surface area contributed by atoms with Crippen LogP contribution in [0, 0.1) is 6.92 Å². The smallest absolute Gasteiger partial charge is 0.244 e. The van der Waals surface area contributed by atoms with Gasteiger partial charge in [0.15, 0.2) is 0 Å². The van der Waals surface area contributed by atoms with Gasteiger partial charge in [0.05, 0.1) is 11.9 Å². The molecule has 0 fully saturated rings. The van der Waals surface area contributed by atoms with Gasteiger partial charge >= 0.3 is 0 Å². The van der Waals surface area contributed by atoms with Gasteiger partial charge in [-0.05, 0) is 57.0 Å². The molecular weight excluding hydrogens is 506 g/mol. The number of anilines is 1. The lowest BCUT2D eigenvalue weighted by atomic mass is 10.1. The van der Waals surface area contributed by atoms with Gasteiger partial charge in [-0.15, -0.1) is 0 Å². The topological polar surface area (TPSA) is 86.8 Å². The Bertz CT molecular complexity index is 1070. The number of hydrogen-bond donors (Lipinski definition) is 1. The molecule has 0 spiro atoms. The summed E-state index contributed by atoms with van der Waals surface area (Å²) < 4.78 is 27.0. The molecule has 33 heavy (non-hydrogen) atoms. The molecule has 0 aliphatic carbocycles. The van der Waals surface area contributed by atoms with E-state index in [4.69, 9.17) is 0 Å². The molecule has 0 aliphatic rings. The van der Waals surface area contributed by atoms with Crippen LogP contribution in [0.3, 0.4) is 0 Å². The number of benzene rings is 2. The number of nitrogens with one attached hydrogen (secondary N) is 1. The van der Waals surface area contributed by atoms with Gasteiger partial charge in [0, 0.05) is 17.1 Å². The second kappa shape index (κ2) is 11.7. The Hall–Kier alpha value is -2.39. The van der Waals surface area contributed by atoms with Crippen LogP contribution in [0.2, 0.25) is 0 Å². The summed E-state index contributed by atoms with van der Waals surface area (Å²) in [5.41, 5.74) is 2.28. The van der Waals surface area contributed by atoms with Crippen molar-refractivity contribution in [2.75, 3.05) is 17.1 Å². The van der Waals surface area contributed by atoms with Crippen molar-refractivity contribution in [1.29, 1.82) is 0 Å². The molecule has 0 saturated heterocycles. The highest BCUT2D eigenvalue weighted by Gasteiger charge is 2.31. The predicted octanol–water partition coefficient (Wildman–Crippen LogP) is 3.86. The zero-order chi connectivity index (χ0) is 24.8. The van der Waals surface area contributed by atoms with Crippen LogP contribution >= 0.6 is 15.9 Å². The van der Waals surface area contributed by atoms with E-state index in [1.807, 2.05) is 52.0 Å². The fourth-order valence-electron chi connectivity index (χ4n) is 3.53. The molecule has 0 radical (unpaired) electrons. The Morgan fingerprint density at radius 2 is 1.73 bits per heavy atom. The second-order valence-electron chi connectivity index (χ2n) is 8.34. The van der Waals surface area contributed by atoms with Crippen LogP contribution in [0.5, 0.6) is 0 Å². The van der Waals surface area contributed by atoms with Gasteiger partial charge in [0.25, 0.3) is 0 Å². The van der Waals surface area contributed by atoms with Gasteiger partial charge in [0.2, 0.25) is 21.8 Å². The Balaban J connectivity index is 2.43. The number of rotatable bonds is 10. The molecule has 2 aromatic carbocycles. The van der Waals surface area contributed by atoms with Gasteiger partial charge in [-0.3, -0.25) is 13.9 Å². The molecule has 1 atom stereocenters. The quantitative estimate of drug-likeness (QED) is 0.498. The summed E-state index contributed by atoms with van der Waals surface area (Å²) in [6.45, 7) is 7.30. The summed E-state index contributed by atoms with van der Waals surface area (Å²) in [7, 11) is -3.74. The first kappa shape index (κ1) is 26.9. The molecule has 2 aromatic rings. The van der Waals surface area contributed by atoms with Crippen molar-refractivity contribution in [3.8, 4) is 0 Å². The van der Waals surface area contributed by atoms with Gasteiger partial charge in [-0.1, -0.05) is 52.7 Å². The normalized spacial score (nSPS) is 12.3. The average Bonchev–Trinajstić information content (AvgIpc) is 2.71. The Morgan fingerprint density at radius 1 is 1.09 bits per heavy atom. The van der Waals surface area contributed by atoms with E-state index in [-0.39, 0.29) is 18.5 Å². The number of sulfonamides is 1. The lowest BCUT2D eigenvalue weighted by molar-refractivity contribution is -0.140. The van der Waals surface area contributed by atoms with Crippen LogP contribution in [0.15, 0.2) is 53.0 Å². The van der Waals surface area contributed by atoms with E-state index in [1.165, 1.54) is 4.90 Å². The molecule has 2 amide bonds. The minimum atomic E-state index is -3.74. The molecule has 0 bridgehead atoms. The van der Waals surface area contributed by atoms with Crippen LogP contribution in [0.25, 0.3) is 0 Å². The molecular formula is C24H32BrN3O4S. The maximum atomic E-state index is 13.6. The van der Waals surface area contributed by atoms with Crippen molar-refractivity contribution in [2.45, 2.75) is 52.7 Å². The minimum absolute atomic E-state index is 0.0854. The summed E-state index contributed by atoms with van der Waals surface area (Å²) >= 11 is 3.34. The van der Waals surface area contributed by atoms with E-state index in [2.05, 4.69) is 21.2 Å². The summed E-state index contributed by atoms with van der Waals surface area (Å²) in [6.07, 6.45) is 1.46. The van der Waals surface area contributed by atoms with Crippen LogP contribution in [0.4, 0.5) is 5.69 Å². The van der Waals surface area contributed by atoms with E-state index >= 15 is 0 Å². The summed E-state index contributed by atoms with van der Waals surface area (Å²) in [6, 6.07) is 13.6. The van der Waals surface area contributed by atoms with E-state index < -0.39 is 28.5 Å². The van der Waals surface area contributed by atoms with Crippen molar-refractivity contribution in [1.82, 2.24) is 10.2 Å². The van der Waals surface area contributed by atoms with Crippen molar-refractivity contribution >= 4 is 43.5 Å². The number of carbonyl (C=O) groups is 2. The van der Waals surface area contributed by atoms with Crippen LogP contribution in [0.1, 0.15) is 38.3 Å². The number of nitrogens with zero attached hydrogens (tertiary/aromatic N) is 2. The second-order valence-corrected chi connectivity index (χ2v) is 11.2. The molecule has 7 nitrogen and oxygen atoms in total. The first-order valence-corrected chi connectivity index (χ1v) is 13.4. The highest BCUT2D eigenvalue weighted by Crippen LogP contribution is 2.22. The van der Waals surface area contributed by atoms with E-state index in [0.717, 1.165) is 26.2 Å². The number of halogens is 1. The van der Waals surface area contributed by atoms with Gasteiger partial charge in [0.1, 0.15) is 12.6 Å². The molecule has 1 N–H and O–H groups in total. The molecule has 9 heteroatoms. The minimum Gasteiger partial charge on any atom is -0.352 e. The molecule has 0 heterocycles. The Labute approximate surface area is 205 Å². The van der Waals surface area contributed by atoms with Crippen molar-refractivity contribution in [3.63, 3.8) is 0 Å². The van der Waals surface area contributed by atoms with E-state index in [0.29, 0.717) is 12.1 Å². The maximum absolute atomic E-state index is 13.6. The summed E-state index contributed by atoms with van der Waals surface area (Å²) in [5, 5.41) is 2.88. The van der Waals surface area contributed by atoms with Gasteiger partial charge in [-0.2, -0.15) is 0 Å².